The molecule has 0 bridgehead atoms. The molecule has 0 saturated heterocycles. The van der Waals surface area contributed by atoms with Crippen LogP contribution in [0.15, 0.2) is 48.5 Å². The van der Waals surface area contributed by atoms with Gasteiger partial charge in [-0.25, -0.2) is 8.42 Å². The second kappa shape index (κ2) is 6.93. The van der Waals surface area contributed by atoms with E-state index >= 15 is 0 Å². The van der Waals surface area contributed by atoms with Crippen LogP contribution in [0.3, 0.4) is 0 Å². The molecule has 0 spiro atoms. The fourth-order valence-corrected chi connectivity index (χ4v) is 3.33. The Morgan fingerprint density at radius 3 is 2.36 bits per heavy atom. The Balaban J connectivity index is 2.19. The van der Waals surface area contributed by atoms with E-state index in [1.807, 2.05) is 0 Å². The van der Waals surface area contributed by atoms with E-state index in [1.165, 1.54) is 18.2 Å². The molecule has 6 nitrogen and oxygen atoms in total. The standard InChI is InChI=1S/C14H17BN2O4S/c16-9-11-4-1-2-5-12(11)10-22(20,21)17-14-7-3-6-13(8-14)15(18)19/h1-8,17-19H,9-10,16H2. The second-order valence-electron chi connectivity index (χ2n) is 4.83. The highest BCUT2D eigenvalue weighted by atomic mass is 32.2. The van der Waals surface area contributed by atoms with Gasteiger partial charge in [-0.2, -0.15) is 0 Å². The van der Waals surface area contributed by atoms with Gasteiger partial charge in [0.1, 0.15) is 0 Å². The molecule has 0 fully saturated rings. The number of hydrogen-bond donors (Lipinski definition) is 4. The molecule has 0 atom stereocenters. The third-order valence-corrected chi connectivity index (χ3v) is 4.38. The van der Waals surface area contributed by atoms with Gasteiger partial charge in [0.15, 0.2) is 0 Å². The topological polar surface area (TPSA) is 113 Å². The summed E-state index contributed by atoms with van der Waals surface area (Å²) in [5.74, 6) is -0.202. The Labute approximate surface area is 129 Å². The molecule has 0 aromatic heterocycles. The summed E-state index contributed by atoms with van der Waals surface area (Å²) in [4.78, 5) is 0. The van der Waals surface area contributed by atoms with Crippen molar-refractivity contribution in [1.82, 2.24) is 0 Å². The van der Waals surface area contributed by atoms with Crippen LogP contribution < -0.4 is 15.9 Å². The van der Waals surface area contributed by atoms with Gasteiger partial charge in [0.25, 0.3) is 0 Å². The lowest BCUT2D eigenvalue weighted by Crippen LogP contribution is -2.30. The lowest BCUT2D eigenvalue weighted by atomic mass is 9.80. The first kappa shape index (κ1) is 16.5. The normalized spacial score (nSPS) is 11.2. The van der Waals surface area contributed by atoms with Crippen molar-refractivity contribution in [3.63, 3.8) is 0 Å². The average Bonchev–Trinajstić information content (AvgIpc) is 2.47. The van der Waals surface area contributed by atoms with E-state index in [9.17, 15) is 8.42 Å². The molecule has 5 N–H and O–H groups in total. The largest absolute Gasteiger partial charge is 0.488 e. The number of nitrogens with one attached hydrogen (secondary N) is 1. The van der Waals surface area contributed by atoms with Crippen LogP contribution in [0, 0.1) is 0 Å². The summed E-state index contributed by atoms with van der Waals surface area (Å²) < 4.78 is 26.9. The first-order valence-electron chi connectivity index (χ1n) is 6.65. The van der Waals surface area contributed by atoms with E-state index in [0.717, 1.165) is 5.56 Å². The summed E-state index contributed by atoms with van der Waals surface area (Å²) in [6, 6.07) is 13.0. The quantitative estimate of drug-likeness (QED) is 0.549. The maximum Gasteiger partial charge on any atom is 0.488 e. The Morgan fingerprint density at radius 2 is 1.73 bits per heavy atom. The van der Waals surface area contributed by atoms with Gasteiger partial charge in [-0.15, -0.1) is 0 Å². The van der Waals surface area contributed by atoms with E-state index in [4.69, 9.17) is 15.8 Å². The van der Waals surface area contributed by atoms with Crippen LogP contribution >= 0.6 is 0 Å². The first-order chi connectivity index (χ1) is 10.4. The van der Waals surface area contributed by atoms with Crippen molar-refractivity contribution in [2.75, 3.05) is 4.72 Å². The molecule has 0 aliphatic heterocycles. The molecule has 2 rings (SSSR count). The van der Waals surface area contributed by atoms with Gasteiger partial charge in [0, 0.05) is 12.2 Å². The van der Waals surface area contributed by atoms with Crippen molar-refractivity contribution < 1.29 is 18.5 Å². The predicted octanol–water partition coefficient (Wildman–Crippen LogP) is -0.233. The Kier molecular flexibility index (Phi) is 5.20. The van der Waals surface area contributed by atoms with Gasteiger partial charge in [-0.05, 0) is 28.7 Å². The summed E-state index contributed by atoms with van der Waals surface area (Å²) in [7, 11) is -5.28. The van der Waals surface area contributed by atoms with Crippen molar-refractivity contribution in [2.24, 2.45) is 5.73 Å². The molecule has 0 saturated carbocycles. The molecular formula is C14H17BN2O4S. The summed E-state index contributed by atoms with van der Waals surface area (Å²) in [5, 5.41) is 18.2. The van der Waals surface area contributed by atoms with Crippen LogP contribution in [0.5, 0.6) is 0 Å². The summed E-state index contributed by atoms with van der Waals surface area (Å²) in [6.45, 7) is 0.262. The Bertz CT molecular complexity index is 750. The number of nitrogens with two attached hydrogens (primary N) is 1. The molecule has 8 heteroatoms. The highest BCUT2D eigenvalue weighted by Crippen LogP contribution is 2.15. The highest BCUT2D eigenvalue weighted by Gasteiger charge is 2.16. The molecule has 0 aliphatic rings. The zero-order valence-corrected chi connectivity index (χ0v) is 12.6. The molecule has 0 unspecified atom stereocenters. The van der Waals surface area contributed by atoms with Crippen LogP contribution in [-0.2, 0) is 22.3 Å². The third-order valence-electron chi connectivity index (χ3n) is 3.14. The van der Waals surface area contributed by atoms with Gasteiger partial charge in [-0.1, -0.05) is 36.4 Å². The predicted molar refractivity (Wildman–Crippen MR) is 86.8 cm³/mol. The zero-order chi connectivity index (χ0) is 16.2. The lowest BCUT2D eigenvalue weighted by molar-refractivity contribution is 0.426. The molecule has 0 amide bonds. The fourth-order valence-electron chi connectivity index (χ4n) is 2.08. The molecule has 22 heavy (non-hydrogen) atoms. The van der Waals surface area contributed by atoms with E-state index < -0.39 is 17.1 Å². The minimum Gasteiger partial charge on any atom is -0.423 e. The highest BCUT2D eigenvalue weighted by molar-refractivity contribution is 7.91. The molecule has 0 heterocycles. The van der Waals surface area contributed by atoms with Crippen LogP contribution in [-0.4, -0.2) is 25.6 Å². The van der Waals surface area contributed by atoms with Crippen LogP contribution in [0.2, 0.25) is 0 Å². The average molecular weight is 320 g/mol. The number of anilines is 1. The van der Waals surface area contributed by atoms with E-state index in [2.05, 4.69) is 4.72 Å². The molecule has 2 aromatic carbocycles. The van der Waals surface area contributed by atoms with Gasteiger partial charge < -0.3 is 15.8 Å². The van der Waals surface area contributed by atoms with Gasteiger partial charge in [-0.3, -0.25) is 4.72 Å². The van der Waals surface area contributed by atoms with Crippen molar-refractivity contribution in [2.45, 2.75) is 12.3 Å². The first-order valence-corrected chi connectivity index (χ1v) is 8.30. The molecular weight excluding hydrogens is 303 g/mol. The van der Waals surface area contributed by atoms with Crippen molar-refractivity contribution in [1.29, 1.82) is 0 Å². The minimum absolute atomic E-state index is 0.202. The van der Waals surface area contributed by atoms with Crippen molar-refractivity contribution in [3.8, 4) is 0 Å². The zero-order valence-electron chi connectivity index (χ0n) is 11.8. The SMILES string of the molecule is NCc1ccccc1CS(=O)(=O)Nc1cccc(B(O)O)c1. The molecule has 0 radical (unpaired) electrons. The second-order valence-corrected chi connectivity index (χ2v) is 6.56. The van der Waals surface area contributed by atoms with Crippen molar-refractivity contribution >= 4 is 28.3 Å². The monoisotopic (exact) mass is 320 g/mol. The van der Waals surface area contributed by atoms with E-state index in [1.54, 1.807) is 30.3 Å². The molecule has 116 valence electrons. The summed E-state index contributed by atoms with van der Waals surface area (Å²) in [5.41, 5.74) is 7.49. The summed E-state index contributed by atoms with van der Waals surface area (Å²) >= 11 is 0. The van der Waals surface area contributed by atoms with E-state index in [-0.39, 0.29) is 23.4 Å². The Hall–Kier alpha value is -1.87. The maximum absolute atomic E-state index is 12.2. The number of sulfonamides is 1. The van der Waals surface area contributed by atoms with Gasteiger partial charge in [0.05, 0.1) is 5.75 Å². The number of rotatable bonds is 6. The van der Waals surface area contributed by atoms with Crippen LogP contribution in [0.4, 0.5) is 5.69 Å². The lowest BCUT2D eigenvalue weighted by Gasteiger charge is -2.11. The Morgan fingerprint density at radius 1 is 1.05 bits per heavy atom. The van der Waals surface area contributed by atoms with Gasteiger partial charge in [0.2, 0.25) is 10.0 Å². The van der Waals surface area contributed by atoms with Crippen LogP contribution in [0.1, 0.15) is 11.1 Å². The maximum atomic E-state index is 12.2. The van der Waals surface area contributed by atoms with E-state index in [0.29, 0.717) is 5.56 Å². The molecule has 2 aromatic rings. The number of hydrogen-bond acceptors (Lipinski definition) is 5. The minimum atomic E-state index is -3.63. The van der Waals surface area contributed by atoms with Gasteiger partial charge >= 0.3 is 7.12 Å². The smallest absolute Gasteiger partial charge is 0.423 e. The number of benzene rings is 2. The summed E-state index contributed by atoms with van der Waals surface area (Å²) in [6.07, 6.45) is 0. The van der Waals surface area contributed by atoms with Crippen molar-refractivity contribution in [3.05, 3.63) is 59.7 Å². The van der Waals surface area contributed by atoms with Crippen LogP contribution in [0.25, 0.3) is 0 Å². The fraction of sp³-hybridized carbons (Fsp3) is 0.143. The third kappa shape index (κ3) is 4.31. The molecule has 0 aliphatic carbocycles.